The minimum absolute atomic E-state index is 0.0169. The Balaban J connectivity index is 1.79. The van der Waals surface area contributed by atoms with Crippen molar-refractivity contribution in [2.75, 3.05) is 20.3 Å². The van der Waals surface area contributed by atoms with E-state index >= 15 is 0 Å². The number of halogens is 1. The van der Waals surface area contributed by atoms with Gasteiger partial charge in [-0.25, -0.2) is 9.18 Å². The SMILES string of the molecule is COc1cc(C(=O)N[C@H](Cc2ccc(F)cc2)C(=O)O)cc2c1OCCO2. The van der Waals surface area contributed by atoms with Gasteiger partial charge in [-0.05, 0) is 29.8 Å². The molecule has 0 aliphatic carbocycles. The molecule has 0 radical (unpaired) electrons. The van der Waals surface area contributed by atoms with E-state index in [1.165, 1.54) is 43.5 Å². The lowest BCUT2D eigenvalue weighted by Crippen LogP contribution is -2.42. The predicted molar refractivity (Wildman–Crippen MR) is 93.0 cm³/mol. The average Bonchev–Trinajstić information content (AvgIpc) is 2.68. The lowest BCUT2D eigenvalue weighted by Gasteiger charge is -2.22. The Labute approximate surface area is 154 Å². The molecule has 2 N–H and O–H groups in total. The van der Waals surface area contributed by atoms with Crippen molar-refractivity contribution in [1.29, 1.82) is 0 Å². The second kappa shape index (κ2) is 7.94. The molecule has 2 aromatic rings. The third kappa shape index (κ3) is 4.28. The number of fused-ring (bicyclic) bond motifs is 1. The Hall–Kier alpha value is -3.29. The van der Waals surface area contributed by atoms with Crippen LogP contribution < -0.4 is 19.5 Å². The fourth-order valence-corrected chi connectivity index (χ4v) is 2.70. The van der Waals surface area contributed by atoms with Gasteiger partial charge in [0.25, 0.3) is 5.91 Å². The maximum Gasteiger partial charge on any atom is 0.326 e. The monoisotopic (exact) mass is 375 g/mol. The van der Waals surface area contributed by atoms with Gasteiger partial charge in [-0.2, -0.15) is 0 Å². The Morgan fingerprint density at radius 1 is 1.22 bits per heavy atom. The average molecular weight is 375 g/mol. The van der Waals surface area contributed by atoms with Gasteiger partial charge in [0.05, 0.1) is 7.11 Å². The first-order chi connectivity index (χ1) is 13.0. The van der Waals surface area contributed by atoms with E-state index in [4.69, 9.17) is 14.2 Å². The first kappa shape index (κ1) is 18.5. The zero-order valence-corrected chi connectivity index (χ0v) is 14.5. The number of aliphatic carboxylic acids is 1. The highest BCUT2D eigenvalue weighted by Crippen LogP contribution is 2.40. The smallest absolute Gasteiger partial charge is 0.326 e. The van der Waals surface area contributed by atoms with Gasteiger partial charge in [-0.3, -0.25) is 4.79 Å². The van der Waals surface area contributed by atoms with Crippen LogP contribution in [0.15, 0.2) is 36.4 Å². The fraction of sp³-hybridized carbons (Fsp3) is 0.263. The number of amides is 1. The number of methoxy groups -OCH3 is 1. The quantitative estimate of drug-likeness (QED) is 0.802. The Morgan fingerprint density at radius 3 is 2.59 bits per heavy atom. The maximum absolute atomic E-state index is 13.0. The van der Waals surface area contributed by atoms with Crippen molar-refractivity contribution >= 4 is 11.9 Å². The molecule has 142 valence electrons. The van der Waals surface area contributed by atoms with Crippen LogP contribution in [0, 0.1) is 5.82 Å². The highest BCUT2D eigenvalue weighted by atomic mass is 19.1. The molecule has 2 aromatic carbocycles. The van der Waals surface area contributed by atoms with E-state index in [2.05, 4.69) is 5.32 Å². The topological polar surface area (TPSA) is 94.1 Å². The lowest BCUT2D eigenvalue weighted by molar-refractivity contribution is -0.139. The van der Waals surface area contributed by atoms with E-state index in [-0.39, 0.29) is 12.0 Å². The summed E-state index contributed by atoms with van der Waals surface area (Å²) in [7, 11) is 1.43. The number of carboxylic acid groups (broad SMARTS) is 1. The summed E-state index contributed by atoms with van der Waals surface area (Å²) in [6.45, 7) is 0.706. The second-order valence-corrected chi connectivity index (χ2v) is 5.90. The van der Waals surface area contributed by atoms with Gasteiger partial charge in [0.15, 0.2) is 11.5 Å². The third-order valence-electron chi connectivity index (χ3n) is 4.05. The van der Waals surface area contributed by atoms with Gasteiger partial charge in [-0.1, -0.05) is 12.1 Å². The molecule has 1 heterocycles. The summed E-state index contributed by atoms with van der Waals surface area (Å²) >= 11 is 0. The van der Waals surface area contributed by atoms with Gasteiger partial charge >= 0.3 is 5.97 Å². The summed E-state index contributed by atoms with van der Waals surface area (Å²) in [6, 6.07) is 7.18. The molecule has 27 heavy (non-hydrogen) atoms. The first-order valence-electron chi connectivity index (χ1n) is 8.23. The predicted octanol–water partition coefficient (Wildman–Crippen LogP) is 2.03. The Morgan fingerprint density at radius 2 is 1.93 bits per heavy atom. The summed E-state index contributed by atoms with van der Waals surface area (Å²) in [5, 5.41) is 11.9. The van der Waals surface area contributed by atoms with E-state index in [0.29, 0.717) is 36.0 Å². The van der Waals surface area contributed by atoms with Crippen LogP contribution in [0.5, 0.6) is 17.2 Å². The van der Waals surface area contributed by atoms with E-state index in [9.17, 15) is 19.1 Å². The standard InChI is InChI=1S/C19H18FNO6/c1-25-15-9-12(10-16-17(15)27-7-6-26-16)18(22)21-14(19(23)24)8-11-2-4-13(20)5-3-11/h2-5,9-10,14H,6-8H2,1H3,(H,21,22)(H,23,24)/t14-/m1/s1. The van der Waals surface area contributed by atoms with E-state index < -0.39 is 23.7 Å². The van der Waals surface area contributed by atoms with Crippen molar-refractivity contribution in [3.63, 3.8) is 0 Å². The number of benzene rings is 2. The molecular formula is C19H18FNO6. The number of carbonyl (C=O) groups excluding carboxylic acids is 1. The molecule has 0 aromatic heterocycles. The van der Waals surface area contributed by atoms with Gasteiger partial charge in [0.1, 0.15) is 25.1 Å². The number of hydrogen-bond donors (Lipinski definition) is 2. The molecule has 1 atom stereocenters. The minimum atomic E-state index is -1.20. The largest absolute Gasteiger partial charge is 0.493 e. The van der Waals surface area contributed by atoms with Crippen LogP contribution >= 0.6 is 0 Å². The molecule has 0 saturated carbocycles. The van der Waals surface area contributed by atoms with Crippen LogP contribution in [0.2, 0.25) is 0 Å². The summed E-state index contributed by atoms with van der Waals surface area (Å²) in [6.07, 6.45) is 0.0169. The third-order valence-corrected chi connectivity index (χ3v) is 4.05. The van der Waals surface area contributed by atoms with Crippen molar-refractivity contribution in [3.05, 3.63) is 53.3 Å². The van der Waals surface area contributed by atoms with Gasteiger partial charge in [0, 0.05) is 12.0 Å². The van der Waals surface area contributed by atoms with Gasteiger partial charge < -0.3 is 24.6 Å². The molecule has 0 spiro atoms. The molecular weight excluding hydrogens is 357 g/mol. The molecule has 1 aliphatic heterocycles. The van der Waals surface area contributed by atoms with Gasteiger partial charge in [-0.15, -0.1) is 0 Å². The number of nitrogens with one attached hydrogen (secondary N) is 1. The zero-order chi connectivity index (χ0) is 19.4. The molecule has 8 heteroatoms. The molecule has 0 bridgehead atoms. The van der Waals surface area contributed by atoms with Crippen LogP contribution in [0.3, 0.4) is 0 Å². The lowest BCUT2D eigenvalue weighted by atomic mass is 10.0. The summed E-state index contributed by atoms with van der Waals surface area (Å²) < 4.78 is 29.2. The van der Waals surface area contributed by atoms with Crippen LogP contribution in [-0.2, 0) is 11.2 Å². The molecule has 0 saturated heterocycles. The van der Waals surface area contributed by atoms with Gasteiger partial charge in [0.2, 0.25) is 5.75 Å². The van der Waals surface area contributed by atoms with E-state index in [1.54, 1.807) is 0 Å². The molecule has 0 fully saturated rings. The van der Waals surface area contributed by atoms with E-state index in [1.807, 2.05) is 0 Å². The van der Waals surface area contributed by atoms with Crippen molar-refractivity contribution < 1.29 is 33.3 Å². The molecule has 3 rings (SSSR count). The molecule has 7 nitrogen and oxygen atoms in total. The van der Waals surface area contributed by atoms with Crippen LogP contribution in [0.1, 0.15) is 15.9 Å². The fourth-order valence-electron chi connectivity index (χ4n) is 2.70. The highest BCUT2D eigenvalue weighted by Gasteiger charge is 2.25. The number of carboxylic acids is 1. The Bertz CT molecular complexity index is 835. The van der Waals surface area contributed by atoms with Crippen molar-refractivity contribution in [1.82, 2.24) is 5.32 Å². The molecule has 1 amide bonds. The number of ether oxygens (including phenoxy) is 3. The number of rotatable bonds is 6. The van der Waals surface area contributed by atoms with Crippen molar-refractivity contribution in [2.24, 2.45) is 0 Å². The second-order valence-electron chi connectivity index (χ2n) is 5.90. The maximum atomic E-state index is 13.0. The summed E-state index contributed by atoms with van der Waals surface area (Å²) in [5.74, 6) is -1.13. The summed E-state index contributed by atoms with van der Waals surface area (Å²) in [5.41, 5.74) is 0.769. The number of hydrogen-bond acceptors (Lipinski definition) is 5. The first-order valence-corrected chi connectivity index (χ1v) is 8.23. The van der Waals surface area contributed by atoms with E-state index in [0.717, 1.165) is 0 Å². The van der Waals surface area contributed by atoms with Crippen LogP contribution in [0.25, 0.3) is 0 Å². The normalized spacial score (nSPS) is 13.6. The van der Waals surface area contributed by atoms with Crippen molar-refractivity contribution in [3.8, 4) is 17.2 Å². The minimum Gasteiger partial charge on any atom is -0.493 e. The Kier molecular flexibility index (Phi) is 5.44. The molecule has 0 unspecified atom stereocenters. The van der Waals surface area contributed by atoms with Crippen LogP contribution in [-0.4, -0.2) is 43.3 Å². The summed E-state index contributed by atoms with van der Waals surface area (Å²) in [4.78, 5) is 24.1. The van der Waals surface area contributed by atoms with Crippen LogP contribution in [0.4, 0.5) is 4.39 Å². The highest BCUT2D eigenvalue weighted by molar-refractivity contribution is 5.97. The molecule has 1 aliphatic rings. The zero-order valence-electron chi connectivity index (χ0n) is 14.5. The van der Waals surface area contributed by atoms with Crippen molar-refractivity contribution in [2.45, 2.75) is 12.5 Å². The number of carbonyl (C=O) groups is 2.